The van der Waals surface area contributed by atoms with Gasteiger partial charge in [0.2, 0.25) is 0 Å². The lowest BCUT2D eigenvalue weighted by Crippen LogP contribution is -2.14. The summed E-state index contributed by atoms with van der Waals surface area (Å²) in [6, 6.07) is 5.35. The van der Waals surface area contributed by atoms with Crippen LogP contribution in [0.4, 0.5) is 5.69 Å². The van der Waals surface area contributed by atoms with Crippen LogP contribution in [0, 0.1) is 6.92 Å². The van der Waals surface area contributed by atoms with Gasteiger partial charge in [0.15, 0.2) is 0 Å². The predicted octanol–water partition coefficient (Wildman–Crippen LogP) is 2.30. The first-order valence-corrected chi connectivity index (χ1v) is 6.48. The van der Waals surface area contributed by atoms with Gasteiger partial charge >= 0.3 is 5.97 Å². The zero-order chi connectivity index (χ0) is 15.0. The number of aromatic carboxylic acids is 1. The molecule has 0 aliphatic carbocycles. The zero-order valence-electron chi connectivity index (χ0n) is 11.4. The molecule has 3 rings (SSSR count). The van der Waals surface area contributed by atoms with E-state index in [2.05, 4.69) is 10.3 Å². The van der Waals surface area contributed by atoms with Gasteiger partial charge in [-0.2, -0.15) is 0 Å². The van der Waals surface area contributed by atoms with Crippen molar-refractivity contribution in [3.05, 3.63) is 52.3 Å². The number of aromatic amines is 1. The quantitative estimate of drug-likeness (QED) is 0.807. The molecule has 108 valence electrons. The van der Waals surface area contributed by atoms with Gasteiger partial charge in [-0.3, -0.25) is 4.79 Å². The van der Waals surface area contributed by atoms with E-state index >= 15 is 0 Å². The number of rotatable bonds is 3. The van der Waals surface area contributed by atoms with Crippen molar-refractivity contribution >= 4 is 17.6 Å². The normalized spacial score (nSPS) is 13.0. The van der Waals surface area contributed by atoms with E-state index in [1.54, 1.807) is 19.1 Å². The molecule has 0 saturated heterocycles. The second kappa shape index (κ2) is 5.06. The van der Waals surface area contributed by atoms with Crippen LogP contribution in [0.2, 0.25) is 0 Å². The first kappa shape index (κ1) is 13.4. The molecule has 2 aromatic rings. The highest BCUT2D eigenvalue weighted by Gasteiger charge is 2.19. The minimum absolute atomic E-state index is 0.0767. The van der Waals surface area contributed by atoms with Gasteiger partial charge in [-0.05, 0) is 30.2 Å². The molecular formula is C15H14N2O4. The summed E-state index contributed by atoms with van der Waals surface area (Å²) in [6.45, 7) is 2.71. The van der Waals surface area contributed by atoms with Gasteiger partial charge in [0.05, 0.1) is 18.9 Å². The predicted molar refractivity (Wildman–Crippen MR) is 75.4 cm³/mol. The van der Waals surface area contributed by atoms with Gasteiger partial charge in [0.25, 0.3) is 5.91 Å². The molecule has 1 amide bonds. The van der Waals surface area contributed by atoms with Gasteiger partial charge in [0.1, 0.15) is 5.56 Å². The molecule has 1 aromatic heterocycles. The molecule has 6 heteroatoms. The topological polar surface area (TPSA) is 91.4 Å². The second-order valence-corrected chi connectivity index (χ2v) is 4.94. The SMILES string of the molecule is Cc1[nH]cc(NC(=O)c2ccc3c(c2)COC3)c1C(=O)O. The Balaban J connectivity index is 1.85. The monoisotopic (exact) mass is 286 g/mol. The molecule has 0 spiro atoms. The van der Waals surface area contributed by atoms with Crippen LogP contribution in [-0.2, 0) is 18.0 Å². The van der Waals surface area contributed by atoms with Crippen molar-refractivity contribution in [2.75, 3.05) is 5.32 Å². The maximum absolute atomic E-state index is 12.2. The van der Waals surface area contributed by atoms with Gasteiger partial charge in [-0.15, -0.1) is 0 Å². The third kappa shape index (κ3) is 2.41. The molecule has 21 heavy (non-hydrogen) atoms. The fourth-order valence-electron chi connectivity index (χ4n) is 2.41. The molecule has 0 bridgehead atoms. The number of nitrogens with one attached hydrogen (secondary N) is 2. The number of amides is 1. The van der Waals surface area contributed by atoms with Gasteiger partial charge < -0.3 is 20.1 Å². The van der Waals surface area contributed by atoms with Crippen LogP contribution in [0.3, 0.4) is 0 Å². The molecule has 1 aromatic carbocycles. The standard InChI is InChI=1S/C15H14N2O4/c1-8-13(15(19)20)12(5-16-8)17-14(18)9-2-3-10-6-21-7-11(10)4-9/h2-5,16H,6-7H2,1H3,(H,17,18)(H,19,20). The Labute approximate surface area is 120 Å². The number of carbonyl (C=O) groups excluding carboxylic acids is 1. The lowest BCUT2D eigenvalue weighted by atomic mass is 10.1. The summed E-state index contributed by atoms with van der Waals surface area (Å²) in [5.41, 5.74) is 3.39. The van der Waals surface area contributed by atoms with E-state index in [-0.39, 0.29) is 17.2 Å². The number of anilines is 1. The number of hydrogen-bond acceptors (Lipinski definition) is 3. The van der Waals surface area contributed by atoms with Gasteiger partial charge in [-0.1, -0.05) is 6.07 Å². The van der Waals surface area contributed by atoms with Crippen molar-refractivity contribution in [3.8, 4) is 0 Å². The highest BCUT2D eigenvalue weighted by molar-refractivity contribution is 6.08. The molecule has 6 nitrogen and oxygen atoms in total. The Kier molecular flexibility index (Phi) is 3.23. The number of aromatic nitrogens is 1. The third-order valence-corrected chi connectivity index (χ3v) is 3.52. The summed E-state index contributed by atoms with van der Waals surface area (Å²) >= 11 is 0. The summed E-state index contributed by atoms with van der Waals surface area (Å²) in [5.74, 6) is -1.42. The minimum Gasteiger partial charge on any atom is -0.478 e. The summed E-state index contributed by atoms with van der Waals surface area (Å²) in [5, 5.41) is 11.8. The molecule has 2 heterocycles. The van der Waals surface area contributed by atoms with Crippen LogP contribution >= 0.6 is 0 Å². The molecule has 0 unspecified atom stereocenters. The summed E-state index contributed by atoms with van der Waals surface area (Å²) in [6.07, 6.45) is 1.48. The van der Waals surface area contributed by atoms with E-state index in [4.69, 9.17) is 9.84 Å². The molecule has 1 aliphatic rings. The Hall–Kier alpha value is -2.60. The minimum atomic E-state index is -1.08. The van der Waals surface area contributed by atoms with E-state index in [0.29, 0.717) is 24.5 Å². The third-order valence-electron chi connectivity index (χ3n) is 3.52. The van der Waals surface area contributed by atoms with E-state index in [9.17, 15) is 9.59 Å². The number of aryl methyl sites for hydroxylation is 1. The first-order valence-electron chi connectivity index (χ1n) is 6.48. The van der Waals surface area contributed by atoms with Crippen LogP contribution in [0.15, 0.2) is 24.4 Å². The zero-order valence-corrected chi connectivity index (χ0v) is 11.4. The number of carbonyl (C=O) groups is 2. The molecule has 0 saturated carbocycles. The van der Waals surface area contributed by atoms with Crippen molar-refractivity contribution in [2.45, 2.75) is 20.1 Å². The van der Waals surface area contributed by atoms with E-state index in [1.165, 1.54) is 6.20 Å². The smallest absolute Gasteiger partial charge is 0.339 e. The molecule has 3 N–H and O–H groups in total. The van der Waals surface area contributed by atoms with E-state index in [1.807, 2.05) is 6.07 Å². The average Bonchev–Trinajstić information content (AvgIpc) is 3.04. The van der Waals surface area contributed by atoms with Crippen molar-refractivity contribution in [2.24, 2.45) is 0 Å². The molecular weight excluding hydrogens is 272 g/mol. The number of benzene rings is 1. The van der Waals surface area contributed by atoms with Gasteiger partial charge in [0, 0.05) is 17.5 Å². The Morgan fingerprint density at radius 3 is 2.81 bits per heavy atom. The van der Waals surface area contributed by atoms with Crippen LogP contribution in [0.1, 0.15) is 37.5 Å². The summed E-state index contributed by atoms with van der Waals surface area (Å²) in [7, 11) is 0. The number of hydrogen-bond donors (Lipinski definition) is 3. The van der Waals surface area contributed by atoms with Gasteiger partial charge in [-0.25, -0.2) is 4.79 Å². The van der Waals surface area contributed by atoms with Crippen LogP contribution < -0.4 is 5.32 Å². The number of H-pyrrole nitrogens is 1. The first-order chi connectivity index (χ1) is 10.1. The van der Waals surface area contributed by atoms with E-state index < -0.39 is 5.97 Å². The van der Waals surface area contributed by atoms with Crippen molar-refractivity contribution in [1.29, 1.82) is 0 Å². The van der Waals surface area contributed by atoms with Crippen molar-refractivity contribution < 1.29 is 19.4 Å². The Morgan fingerprint density at radius 1 is 1.29 bits per heavy atom. The van der Waals surface area contributed by atoms with Crippen molar-refractivity contribution in [3.63, 3.8) is 0 Å². The fourth-order valence-corrected chi connectivity index (χ4v) is 2.41. The lowest BCUT2D eigenvalue weighted by molar-refractivity contribution is 0.0697. The molecule has 1 aliphatic heterocycles. The second-order valence-electron chi connectivity index (χ2n) is 4.94. The van der Waals surface area contributed by atoms with Crippen LogP contribution in [0.5, 0.6) is 0 Å². The summed E-state index contributed by atoms with van der Waals surface area (Å²) in [4.78, 5) is 26.2. The maximum atomic E-state index is 12.2. The highest BCUT2D eigenvalue weighted by atomic mass is 16.5. The molecule has 0 fully saturated rings. The molecule has 0 atom stereocenters. The Morgan fingerprint density at radius 2 is 2.05 bits per heavy atom. The highest BCUT2D eigenvalue weighted by Crippen LogP contribution is 2.23. The maximum Gasteiger partial charge on any atom is 0.339 e. The fraction of sp³-hybridized carbons (Fsp3) is 0.200. The van der Waals surface area contributed by atoms with E-state index in [0.717, 1.165) is 11.1 Å². The summed E-state index contributed by atoms with van der Waals surface area (Å²) < 4.78 is 5.31. The number of fused-ring (bicyclic) bond motifs is 1. The number of carboxylic acids is 1. The average molecular weight is 286 g/mol. The molecule has 0 radical (unpaired) electrons. The van der Waals surface area contributed by atoms with Crippen LogP contribution in [-0.4, -0.2) is 22.0 Å². The lowest BCUT2D eigenvalue weighted by Gasteiger charge is -2.06. The number of carboxylic acid groups (broad SMARTS) is 1. The van der Waals surface area contributed by atoms with Crippen molar-refractivity contribution in [1.82, 2.24) is 4.98 Å². The largest absolute Gasteiger partial charge is 0.478 e. The Bertz CT molecular complexity index is 733. The number of ether oxygens (including phenoxy) is 1. The van der Waals surface area contributed by atoms with Crippen LogP contribution in [0.25, 0.3) is 0 Å².